The zero-order valence-electron chi connectivity index (χ0n) is 33.3. The first kappa shape index (κ1) is 48.9. The third-order valence-corrected chi connectivity index (χ3v) is 9.50. The van der Waals surface area contributed by atoms with Crippen molar-refractivity contribution < 1.29 is 49.0 Å². The van der Waals surface area contributed by atoms with Crippen molar-refractivity contribution in [3.05, 3.63) is 36.5 Å². The average Bonchev–Trinajstić information content (AvgIpc) is 3.15. The number of rotatable bonds is 34. The molecule has 0 aliphatic carbocycles. The smallest absolute Gasteiger partial charge is 0.306 e. The van der Waals surface area contributed by atoms with Gasteiger partial charge in [0.05, 0.1) is 13.2 Å². The first-order valence-corrected chi connectivity index (χ1v) is 21.1. The quantitative estimate of drug-likeness (QED) is 0.0287. The van der Waals surface area contributed by atoms with E-state index in [9.17, 15) is 30.0 Å². The highest BCUT2D eigenvalue weighted by molar-refractivity contribution is 5.70. The van der Waals surface area contributed by atoms with Crippen molar-refractivity contribution in [1.82, 2.24) is 0 Å². The Morgan fingerprint density at radius 3 is 1.64 bits per heavy atom. The van der Waals surface area contributed by atoms with Crippen molar-refractivity contribution in [3.8, 4) is 0 Å². The van der Waals surface area contributed by atoms with E-state index >= 15 is 0 Å². The van der Waals surface area contributed by atoms with Crippen LogP contribution in [0, 0.1) is 0 Å². The Labute approximate surface area is 321 Å². The molecule has 10 heteroatoms. The Hall–Kier alpha value is -2.08. The van der Waals surface area contributed by atoms with Gasteiger partial charge >= 0.3 is 11.9 Å². The summed E-state index contributed by atoms with van der Waals surface area (Å²) in [7, 11) is 0. The molecule has 10 nitrogen and oxygen atoms in total. The van der Waals surface area contributed by atoms with Crippen molar-refractivity contribution in [3.63, 3.8) is 0 Å². The minimum atomic E-state index is -1.60. The maximum atomic E-state index is 12.7. The summed E-state index contributed by atoms with van der Waals surface area (Å²) in [5.41, 5.74) is 0. The number of esters is 2. The predicted octanol–water partition coefficient (Wildman–Crippen LogP) is 8.33. The van der Waals surface area contributed by atoms with E-state index in [0.717, 1.165) is 64.2 Å². The van der Waals surface area contributed by atoms with E-state index in [1.807, 2.05) is 0 Å². The van der Waals surface area contributed by atoms with Gasteiger partial charge in [-0.15, -0.1) is 0 Å². The van der Waals surface area contributed by atoms with Crippen LogP contribution in [0.25, 0.3) is 0 Å². The molecule has 0 aromatic carbocycles. The lowest BCUT2D eigenvalue weighted by molar-refractivity contribution is -0.305. The summed E-state index contributed by atoms with van der Waals surface area (Å²) < 4.78 is 22.1. The van der Waals surface area contributed by atoms with E-state index in [1.54, 1.807) is 0 Å². The van der Waals surface area contributed by atoms with Crippen LogP contribution in [0.4, 0.5) is 0 Å². The van der Waals surface area contributed by atoms with Crippen molar-refractivity contribution in [2.24, 2.45) is 0 Å². The fourth-order valence-electron chi connectivity index (χ4n) is 6.09. The van der Waals surface area contributed by atoms with Crippen LogP contribution in [-0.2, 0) is 28.5 Å². The lowest BCUT2D eigenvalue weighted by Gasteiger charge is -2.39. The second kappa shape index (κ2) is 34.4. The SMILES string of the molecule is CCCCCC=CCC=CCCCCCC(=O)OC(COC(=O)CCCCCCCC=CCCCCCCCC)COC1OC(CO)C(O)C(O)C1O. The van der Waals surface area contributed by atoms with E-state index in [4.69, 9.17) is 18.9 Å². The fourth-order valence-corrected chi connectivity index (χ4v) is 6.09. The third kappa shape index (κ3) is 26.4. The summed E-state index contributed by atoms with van der Waals surface area (Å²) in [6, 6.07) is 0. The van der Waals surface area contributed by atoms with Crippen molar-refractivity contribution in [2.45, 2.75) is 205 Å². The normalized spacial score (nSPS) is 21.2. The number of unbranched alkanes of at least 4 members (excludes halogenated alkanes) is 17. The van der Waals surface area contributed by atoms with Gasteiger partial charge in [-0.1, -0.05) is 121 Å². The van der Waals surface area contributed by atoms with Gasteiger partial charge in [-0.05, 0) is 70.6 Å². The largest absolute Gasteiger partial charge is 0.462 e. The van der Waals surface area contributed by atoms with Crippen LogP contribution in [-0.4, -0.2) is 89.0 Å². The Morgan fingerprint density at radius 2 is 1.06 bits per heavy atom. The summed E-state index contributed by atoms with van der Waals surface area (Å²) in [4.78, 5) is 25.2. The minimum Gasteiger partial charge on any atom is -0.462 e. The topological polar surface area (TPSA) is 152 Å². The van der Waals surface area contributed by atoms with Crippen LogP contribution >= 0.6 is 0 Å². The minimum absolute atomic E-state index is 0.198. The van der Waals surface area contributed by atoms with Crippen LogP contribution in [0.1, 0.15) is 168 Å². The summed E-state index contributed by atoms with van der Waals surface area (Å²) >= 11 is 0. The van der Waals surface area contributed by atoms with Gasteiger partial charge in [0.15, 0.2) is 12.4 Å². The summed E-state index contributed by atoms with van der Waals surface area (Å²) in [5, 5.41) is 40.0. The molecule has 0 aromatic rings. The summed E-state index contributed by atoms with van der Waals surface area (Å²) in [6.07, 6.45) is 30.1. The van der Waals surface area contributed by atoms with Gasteiger partial charge in [0.1, 0.15) is 31.0 Å². The number of hydrogen-bond donors (Lipinski definition) is 4. The van der Waals surface area contributed by atoms with E-state index < -0.39 is 55.4 Å². The molecular formula is C43H76O10. The van der Waals surface area contributed by atoms with Crippen LogP contribution in [0.2, 0.25) is 0 Å². The third-order valence-electron chi connectivity index (χ3n) is 9.50. The van der Waals surface area contributed by atoms with E-state index in [-0.39, 0.29) is 26.1 Å². The number of aliphatic hydroxyl groups is 4. The second-order valence-electron chi connectivity index (χ2n) is 14.4. The maximum absolute atomic E-state index is 12.7. The zero-order chi connectivity index (χ0) is 38.8. The molecule has 0 amide bonds. The highest BCUT2D eigenvalue weighted by atomic mass is 16.7. The first-order valence-electron chi connectivity index (χ1n) is 21.1. The Balaban J connectivity index is 2.39. The lowest BCUT2D eigenvalue weighted by atomic mass is 9.99. The van der Waals surface area contributed by atoms with Gasteiger partial charge in [-0.3, -0.25) is 9.59 Å². The molecule has 6 unspecified atom stereocenters. The molecule has 4 N–H and O–H groups in total. The predicted molar refractivity (Wildman–Crippen MR) is 210 cm³/mol. The van der Waals surface area contributed by atoms with Gasteiger partial charge in [0.25, 0.3) is 0 Å². The average molecular weight is 753 g/mol. The molecule has 1 rings (SSSR count). The molecule has 1 aliphatic rings. The Bertz CT molecular complexity index is 965. The molecule has 6 atom stereocenters. The number of aliphatic hydroxyl groups excluding tert-OH is 4. The lowest BCUT2D eigenvalue weighted by Crippen LogP contribution is -2.59. The number of ether oxygens (including phenoxy) is 4. The maximum Gasteiger partial charge on any atom is 0.306 e. The van der Waals surface area contributed by atoms with Crippen molar-refractivity contribution in [1.29, 1.82) is 0 Å². The first-order chi connectivity index (χ1) is 25.8. The highest BCUT2D eigenvalue weighted by Crippen LogP contribution is 2.22. The molecular weight excluding hydrogens is 676 g/mol. The number of allylic oxidation sites excluding steroid dienone is 6. The molecule has 1 saturated heterocycles. The molecule has 308 valence electrons. The second-order valence-corrected chi connectivity index (χ2v) is 14.4. The molecule has 1 heterocycles. The number of carbonyl (C=O) groups excluding carboxylic acids is 2. The van der Waals surface area contributed by atoms with E-state index in [1.165, 1.54) is 64.2 Å². The van der Waals surface area contributed by atoms with Crippen molar-refractivity contribution in [2.75, 3.05) is 19.8 Å². The Morgan fingerprint density at radius 1 is 0.585 bits per heavy atom. The highest BCUT2D eigenvalue weighted by Gasteiger charge is 2.44. The van der Waals surface area contributed by atoms with Gasteiger partial charge in [-0.2, -0.15) is 0 Å². The van der Waals surface area contributed by atoms with Crippen LogP contribution in [0.5, 0.6) is 0 Å². The van der Waals surface area contributed by atoms with Crippen LogP contribution in [0.3, 0.4) is 0 Å². The van der Waals surface area contributed by atoms with E-state index in [2.05, 4.69) is 50.3 Å². The monoisotopic (exact) mass is 753 g/mol. The standard InChI is InChI=1S/C43H76O10/c1-3-5-7-9-11-13-15-17-18-20-21-23-25-27-29-31-38(45)50-34-36(35-51-43-42(49)41(48)40(47)37(33-44)53-43)52-39(46)32-30-28-26-24-22-19-16-14-12-10-8-6-4-2/h12,14,17-19,22,36-37,40-44,47-49H,3-11,13,15-16,20-21,23-35H2,1-2H3. The fraction of sp³-hybridized carbons (Fsp3) is 0.814. The van der Waals surface area contributed by atoms with Gasteiger partial charge < -0.3 is 39.4 Å². The number of carbonyl (C=O) groups is 2. The zero-order valence-corrected chi connectivity index (χ0v) is 33.3. The van der Waals surface area contributed by atoms with E-state index in [0.29, 0.717) is 12.8 Å². The molecule has 53 heavy (non-hydrogen) atoms. The molecule has 0 saturated carbocycles. The summed E-state index contributed by atoms with van der Waals surface area (Å²) in [5.74, 6) is -0.846. The van der Waals surface area contributed by atoms with Crippen LogP contribution in [0.15, 0.2) is 36.5 Å². The van der Waals surface area contributed by atoms with Crippen molar-refractivity contribution >= 4 is 11.9 Å². The van der Waals surface area contributed by atoms with Gasteiger partial charge in [0.2, 0.25) is 0 Å². The number of hydrogen-bond acceptors (Lipinski definition) is 10. The summed E-state index contributed by atoms with van der Waals surface area (Å²) in [6.45, 7) is 3.34. The van der Waals surface area contributed by atoms with Gasteiger partial charge in [0, 0.05) is 12.8 Å². The molecule has 0 radical (unpaired) electrons. The van der Waals surface area contributed by atoms with Crippen LogP contribution < -0.4 is 0 Å². The van der Waals surface area contributed by atoms with Gasteiger partial charge in [-0.25, -0.2) is 0 Å². The molecule has 1 fully saturated rings. The molecule has 0 bridgehead atoms. The molecule has 1 aliphatic heterocycles. The Kier molecular flexibility index (Phi) is 31.8. The molecule has 0 aromatic heterocycles. The molecule has 0 spiro atoms.